The summed E-state index contributed by atoms with van der Waals surface area (Å²) in [7, 11) is 0. The van der Waals surface area contributed by atoms with Crippen LogP contribution in [0.2, 0.25) is 0 Å². The Morgan fingerprint density at radius 3 is 2.62 bits per heavy atom. The normalized spacial score (nSPS) is 16.4. The lowest BCUT2D eigenvalue weighted by Crippen LogP contribution is -2.46. The van der Waals surface area contributed by atoms with E-state index in [-0.39, 0.29) is 5.82 Å². The van der Waals surface area contributed by atoms with Gasteiger partial charge in [-0.05, 0) is 24.3 Å². The molecule has 0 aliphatic carbocycles. The summed E-state index contributed by atoms with van der Waals surface area (Å²) in [4.78, 5) is 26.4. The summed E-state index contributed by atoms with van der Waals surface area (Å²) in [6.07, 6.45) is 0. The predicted octanol–water partition coefficient (Wildman–Crippen LogP) is 1.56. The molecule has 1 N–H and O–H groups in total. The maximum absolute atomic E-state index is 13.2. The van der Waals surface area contributed by atoms with Crippen LogP contribution in [0.4, 0.5) is 10.2 Å². The highest BCUT2D eigenvalue weighted by molar-refractivity contribution is 7.98. The number of hydrogen-bond acceptors (Lipinski definition) is 5. The van der Waals surface area contributed by atoms with Crippen LogP contribution in [0.3, 0.4) is 0 Å². The van der Waals surface area contributed by atoms with Gasteiger partial charge in [0.25, 0.3) is 0 Å². The van der Waals surface area contributed by atoms with Gasteiger partial charge < -0.3 is 15.0 Å². The molecule has 1 aromatic carbocycles. The molecule has 9 heteroatoms. The number of ether oxygens (including phenoxy) is 1. The van der Waals surface area contributed by atoms with Gasteiger partial charge in [0.15, 0.2) is 0 Å². The molecule has 0 unspecified atom stereocenters. The molecule has 2 aromatic rings. The lowest BCUT2D eigenvalue weighted by Gasteiger charge is -2.26. The first-order valence-corrected chi connectivity index (χ1v) is 9.41. The van der Waals surface area contributed by atoms with Crippen LogP contribution >= 0.6 is 11.8 Å². The number of benzene rings is 1. The Bertz CT molecular complexity index is 846. The molecule has 0 radical (unpaired) electrons. The highest BCUT2D eigenvalue weighted by Crippen LogP contribution is 2.36. The number of nitrogens with one attached hydrogen (secondary N) is 1. The molecule has 0 atom stereocenters. The van der Waals surface area contributed by atoms with Crippen LogP contribution in [-0.4, -0.2) is 52.8 Å². The number of nitrogens with zero attached hydrogens (tertiary/aromatic N) is 3. The van der Waals surface area contributed by atoms with E-state index in [2.05, 4.69) is 10.4 Å². The maximum Gasteiger partial charge on any atom is 0.315 e. The van der Waals surface area contributed by atoms with E-state index in [0.29, 0.717) is 43.6 Å². The van der Waals surface area contributed by atoms with Crippen molar-refractivity contribution in [1.82, 2.24) is 14.7 Å². The van der Waals surface area contributed by atoms with Gasteiger partial charge in [-0.2, -0.15) is 16.9 Å². The molecule has 136 valence electrons. The number of halogens is 1. The predicted molar refractivity (Wildman–Crippen MR) is 94.5 cm³/mol. The zero-order valence-corrected chi connectivity index (χ0v) is 14.7. The largest absolute Gasteiger partial charge is 0.378 e. The Morgan fingerprint density at radius 2 is 1.88 bits per heavy atom. The summed E-state index contributed by atoms with van der Waals surface area (Å²) in [5.41, 5.74) is 2.40. The number of carbonyl (C=O) groups excluding carboxylic acids is 2. The SMILES string of the molecule is O=C(Nc1c2c(nn1-c1ccc(F)cc1)CSC2)C(=O)N1CCOCC1. The van der Waals surface area contributed by atoms with E-state index in [0.717, 1.165) is 17.0 Å². The molecular weight excluding hydrogens is 359 g/mol. The minimum absolute atomic E-state index is 0.350. The van der Waals surface area contributed by atoms with Gasteiger partial charge in [-0.1, -0.05) is 0 Å². The summed E-state index contributed by atoms with van der Waals surface area (Å²) in [6, 6.07) is 5.84. The van der Waals surface area contributed by atoms with E-state index in [1.807, 2.05) is 0 Å². The number of carbonyl (C=O) groups is 2. The molecule has 2 aliphatic rings. The van der Waals surface area contributed by atoms with Crippen molar-refractivity contribution in [3.05, 3.63) is 41.3 Å². The minimum atomic E-state index is -0.699. The van der Waals surface area contributed by atoms with Crippen LogP contribution in [0.5, 0.6) is 0 Å². The topological polar surface area (TPSA) is 76.5 Å². The van der Waals surface area contributed by atoms with Crippen molar-refractivity contribution in [2.45, 2.75) is 11.5 Å². The third kappa shape index (κ3) is 3.19. The molecule has 7 nitrogen and oxygen atoms in total. The van der Waals surface area contributed by atoms with E-state index in [1.54, 1.807) is 28.6 Å². The van der Waals surface area contributed by atoms with Gasteiger partial charge in [0.2, 0.25) is 0 Å². The Hall–Kier alpha value is -2.39. The van der Waals surface area contributed by atoms with E-state index in [1.165, 1.54) is 17.0 Å². The van der Waals surface area contributed by atoms with Crippen LogP contribution in [0.25, 0.3) is 5.69 Å². The number of anilines is 1. The standard InChI is InChI=1S/C17H17FN4O3S/c18-11-1-3-12(4-2-11)22-15(13-9-26-10-14(13)20-22)19-16(23)17(24)21-5-7-25-8-6-21/h1-4H,5-10H2,(H,19,23). The van der Waals surface area contributed by atoms with E-state index in [9.17, 15) is 14.0 Å². The third-order valence-corrected chi connectivity index (χ3v) is 5.32. The van der Waals surface area contributed by atoms with Crippen molar-refractivity contribution in [2.24, 2.45) is 0 Å². The molecule has 1 aromatic heterocycles. The van der Waals surface area contributed by atoms with Crippen molar-refractivity contribution >= 4 is 29.4 Å². The fourth-order valence-corrected chi connectivity index (χ4v) is 4.02. The van der Waals surface area contributed by atoms with Crippen LogP contribution in [-0.2, 0) is 25.8 Å². The van der Waals surface area contributed by atoms with Gasteiger partial charge in [-0.25, -0.2) is 9.07 Å². The fourth-order valence-electron chi connectivity index (χ4n) is 2.98. The molecule has 3 heterocycles. The first kappa shape index (κ1) is 17.0. The van der Waals surface area contributed by atoms with Gasteiger partial charge in [0.05, 0.1) is 24.6 Å². The molecule has 0 spiro atoms. The Labute approximate surface area is 153 Å². The van der Waals surface area contributed by atoms with E-state index >= 15 is 0 Å². The molecule has 4 rings (SSSR count). The molecule has 1 fully saturated rings. The summed E-state index contributed by atoms with van der Waals surface area (Å²) < 4.78 is 20.0. The van der Waals surface area contributed by atoms with Crippen LogP contribution in [0.15, 0.2) is 24.3 Å². The zero-order valence-electron chi connectivity index (χ0n) is 13.9. The Kier molecular flexibility index (Phi) is 4.64. The molecular formula is C17H17FN4O3S. The first-order valence-electron chi connectivity index (χ1n) is 8.26. The van der Waals surface area contributed by atoms with Crippen molar-refractivity contribution < 1.29 is 18.7 Å². The third-order valence-electron chi connectivity index (χ3n) is 4.35. The second-order valence-corrected chi connectivity index (χ2v) is 7.00. The van der Waals surface area contributed by atoms with Crippen molar-refractivity contribution in [3.8, 4) is 5.69 Å². The second-order valence-electron chi connectivity index (χ2n) is 6.01. The average molecular weight is 376 g/mol. The zero-order chi connectivity index (χ0) is 18.1. The molecule has 2 amide bonds. The second kappa shape index (κ2) is 7.08. The van der Waals surface area contributed by atoms with Crippen LogP contribution in [0, 0.1) is 5.82 Å². The molecule has 0 bridgehead atoms. The number of amides is 2. The highest BCUT2D eigenvalue weighted by atomic mass is 32.2. The molecule has 2 aliphatic heterocycles. The lowest BCUT2D eigenvalue weighted by atomic mass is 10.2. The number of fused-ring (bicyclic) bond motifs is 1. The maximum atomic E-state index is 13.2. The number of aromatic nitrogens is 2. The van der Waals surface area contributed by atoms with Gasteiger partial charge in [-0.3, -0.25) is 9.59 Å². The number of morpholine rings is 1. The summed E-state index contributed by atoms with van der Waals surface area (Å²) in [5.74, 6) is 0.288. The van der Waals surface area contributed by atoms with Crippen molar-refractivity contribution in [1.29, 1.82) is 0 Å². The fraction of sp³-hybridized carbons (Fsp3) is 0.353. The summed E-state index contributed by atoms with van der Waals surface area (Å²) in [5, 5.41) is 7.25. The summed E-state index contributed by atoms with van der Waals surface area (Å²) >= 11 is 1.69. The Balaban J connectivity index is 1.62. The number of rotatable bonds is 2. The molecule has 1 saturated heterocycles. The van der Waals surface area contributed by atoms with E-state index < -0.39 is 11.8 Å². The van der Waals surface area contributed by atoms with Crippen molar-refractivity contribution in [3.63, 3.8) is 0 Å². The lowest BCUT2D eigenvalue weighted by molar-refractivity contribution is -0.145. The van der Waals surface area contributed by atoms with Gasteiger partial charge in [0.1, 0.15) is 11.6 Å². The number of thioether (sulfide) groups is 1. The minimum Gasteiger partial charge on any atom is -0.378 e. The Morgan fingerprint density at radius 1 is 1.15 bits per heavy atom. The van der Waals surface area contributed by atoms with Gasteiger partial charge in [0, 0.05) is 30.2 Å². The van der Waals surface area contributed by atoms with E-state index in [4.69, 9.17) is 4.74 Å². The van der Waals surface area contributed by atoms with Gasteiger partial charge >= 0.3 is 11.8 Å². The van der Waals surface area contributed by atoms with Crippen LogP contribution in [0.1, 0.15) is 11.3 Å². The molecule has 0 saturated carbocycles. The molecule has 26 heavy (non-hydrogen) atoms. The smallest absolute Gasteiger partial charge is 0.315 e. The highest BCUT2D eigenvalue weighted by Gasteiger charge is 2.29. The van der Waals surface area contributed by atoms with Crippen molar-refractivity contribution in [2.75, 3.05) is 31.6 Å². The monoisotopic (exact) mass is 376 g/mol. The van der Waals surface area contributed by atoms with Crippen LogP contribution < -0.4 is 5.32 Å². The number of hydrogen-bond donors (Lipinski definition) is 1. The summed E-state index contributed by atoms with van der Waals surface area (Å²) in [6.45, 7) is 1.66. The van der Waals surface area contributed by atoms with Gasteiger partial charge in [-0.15, -0.1) is 0 Å². The first-order chi connectivity index (χ1) is 12.6. The quantitative estimate of drug-likeness (QED) is 0.805. The average Bonchev–Trinajstić information content (AvgIpc) is 3.25.